The Morgan fingerprint density at radius 2 is 1.76 bits per heavy atom. The van der Waals surface area contributed by atoms with Gasteiger partial charge in [0.05, 0.1) is 24.8 Å². The van der Waals surface area contributed by atoms with Crippen molar-refractivity contribution in [2.24, 2.45) is 0 Å². The number of aryl methyl sites for hydroxylation is 2. The van der Waals surface area contributed by atoms with Crippen LogP contribution in [-0.4, -0.2) is 35.9 Å². The van der Waals surface area contributed by atoms with Crippen LogP contribution in [0.25, 0.3) is 5.57 Å². The predicted molar refractivity (Wildman–Crippen MR) is 113 cm³/mol. The summed E-state index contributed by atoms with van der Waals surface area (Å²) in [7, 11) is 3.04. The van der Waals surface area contributed by atoms with Crippen molar-refractivity contribution in [2.45, 2.75) is 27.7 Å². The fourth-order valence-electron chi connectivity index (χ4n) is 4.64. The van der Waals surface area contributed by atoms with E-state index in [4.69, 9.17) is 21.1 Å². The van der Waals surface area contributed by atoms with Gasteiger partial charge in [-0.15, -0.1) is 0 Å². The molecule has 0 saturated carbocycles. The van der Waals surface area contributed by atoms with E-state index in [1.807, 2.05) is 13.8 Å². The Balaban J connectivity index is 2.17. The molecule has 1 aromatic carbocycles. The molecule has 0 N–H and O–H groups in total. The third-order valence-corrected chi connectivity index (χ3v) is 6.06. The summed E-state index contributed by atoms with van der Waals surface area (Å²) in [4.78, 5) is 0. The van der Waals surface area contributed by atoms with Gasteiger partial charge in [0.2, 0.25) is 0 Å². The Labute approximate surface area is 173 Å². The van der Waals surface area contributed by atoms with Crippen molar-refractivity contribution >= 4 is 29.9 Å². The van der Waals surface area contributed by atoms with E-state index in [9.17, 15) is 0 Å². The molecule has 152 valence electrons. The normalized spacial score (nSPS) is 17.3. The minimum atomic E-state index is -4.02. The number of methoxy groups -OCH3 is 2. The quantitative estimate of drug-likeness (QED) is 0.640. The van der Waals surface area contributed by atoms with E-state index < -0.39 is 6.97 Å². The van der Waals surface area contributed by atoms with Crippen LogP contribution in [0.1, 0.15) is 36.4 Å². The summed E-state index contributed by atoms with van der Waals surface area (Å²) in [6, 6.07) is 5.33. The van der Waals surface area contributed by atoms with Gasteiger partial charge in [-0.3, -0.25) is 0 Å². The SMILES string of the molecule is COc1ccc(C2=C3C(C)=CC(C)=[N+]3[B-](F)(F)n3c(C)cc(C)c32)c(Cl)c1OC. The topological polar surface area (TPSA) is 26.4 Å². The van der Waals surface area contributed by atoms with E-state index in [0.29, 0.717) is 50.5 Å². The van der Waals surface area contributed by atoms with Gasteiger partial charge in [-0.25, -0.2) is 0 Å². The molecule has 0 radical (unpaired) electrons. The lowest BCUT2D eigenvalue weighted by molar-refractivity contribution is -0.363. The van der Waals surface area contributed by atoms with Crippen LogP contribution in [0, 0.1) is 13.8 Å². The number of aromatic nitrogens is 1. The zero-order chi connectivity index (χ0) is 21.2. The maximum absolute atomic E-state index is 15.7. The van der Waals surface area contributed by atoms with Crippen molar-refractivity contribution < 1.29 is 22.6 Å². The molecular weight excluding hydrogens is 397 g/mol. The number of halogens is 3. The van der Waals surface area contributed by atoms with Crippen LogP contribution in [-0.2, 0) is 0 Å². The first-order chi connectivity index (χ1) is 13.6. The fourth-order valence-corrected chi connectivity index (χ4v) is 4.96. The van der Waals surface area contributed by atoms with E-state index >= 15 is 8.63 Å². The highest BCUT2D eigenvalue weighted by atomic mass is 35.5. The van der Waals surface area contributed by atoms with Crippen molar-refractivity contribution in [3.8, 4) is 11.5 Å². The van der Waals surface area contributed by atoms with Gasteiger partial charge in [-0.2, -0.15) is 0 Å². The zero-order valence-electron chi connectivity index (χ0n) is 17.2. The summed E-state index contributed by atoms with van der Waals surface area (Å²) < 4.78 is 44.5. The third-order valence-electron chi connectivity index (χ3n) is 5.69. The van der Waals surface area contributed by atoms with Crippen molar-refractivity contribution in [3.63, 3.8) is 0 Å². The Bertz CT molecular complexity index is 1160. The Morgan fingerprint density at radius 3 is 2.38 bits per heavy atom. The second-order valence-corrected chi connectivity index (χ2v) is 7.88. The molecule has 2 aromatic rings. The molecule has 1 aromatic heterocycles. The van der Waals surface area contributed by atoms with Gasteiger partial charge in [0.25, 0.3) is 0 Å². The molecule has 8 heteroatoms. The number of hydrogen-bond donors (Lipinski definition) is 0. The molecule has 29 heavy (non-hydrogen) atoms. The molecule has 0 atom stereocenters. The second kappa shape index (κ2) is 6.49. The number of hydrogen-bond acceptors (Lipinski definition) is 2. The molecule has 4 rings (SSSR count). The van der Waals surface area contributed by atoms with Crippen LogP contribution in [0.15, 0.2) is 35.5 Å². The highest BCUT2D eigenvalue weighted by molar-refractivity contribution is 6.58. The Morgan fingerprint density at radius 1 is 1.07 bits per heavy atom. The first-order valence-electron chi connectivity index (χ1n) is 9.33. The molecule has 3 heterocycles. The fraction of sp³-hybridized carbons (Fsp3) is 0.286. The second-order valence-electron chi connectivity index (χ2n) is 7.50. The lowest BCUT2D eigenvalue weighted by Gasteiger charge is -2.34. The maximum Gasteiger partial charge on any atom is 0.737 e. The van der Waals surface area contributed by atoms with Gasteiger partial charge >= 0.3 is 6.97 Å². The van der Waals surface area contributed by atoms with E-state index in [1.54, 1.807) is 38.1 Å². The number of nitrogens with zero attached hydrogens (tertiary/aromatic N) is 2. The zero-order valence-corrected chi connectivity index (χ0v) is 18.0. The van der Waals surface area contributed by atoms with E-state index in [2.05, 4.69) is 0 Å². The van der Waals surface area contributed by atoms with Gasteiger partial charge in [0, 0.05) is 29.8 Å². The molecule has 0 aliphatic carbocycles. The minimum Gasteiger partial charge on any atom is -0.493 e. The van der Waals surface area contributed by atoms with Gasteiger partial charge in [-0.1, -0.05) is 11.6 Å². The van der Waals surface area contributed by atoms with E-state index in [-0.39, 0.29) is 0 Å². The van der Waals surface area contributed by atoms with Crippen LogP contribution >= 0.6 is 11.6 Å². The van der Waals surface area contributed by atoms with E-state index in [1.165, 1.54) is 14.2 Å². The van der Waals surface area contributed by atoms with Crippen LogP contribution in [0.2, 0.25) is 5.02 Å². The Kier molecular flexibility index (Phi) is 4.42. The maximum atomic E-state index is 15.7. The summed E-state index contributed by atoms with van der Waals surface area (Å²) in [6.07, 6.45) is 1.79. The first-order valence-corrected chi connectivity index (χ1v) is 9.70. The number of benzene rings is 1. The van der Waals surface area contributed by atoms with Crippen LogP contribution in [0.5, 0.6) is 11.5 Å². The Hall–Kier alpha value is -2.54. The molecule has 4 nitrogen and oxygen atoms in total. The van der Waals surface area contributed by atoms with Gasteiger partial charge in [0.15, 0.2) is 17.2 Å². The van der Waals surface area contributed by atoms with Gasteiger partial charge in [0.1, 0.15) is 5.71 Å². The lowest BCUT2D eigenvalue weighted by Crippen LogP contribution is -2.51. The number of rotatable bonds is 3. The standard InChI is InChI=1S/C21H22BClF2N2O2/c1-11-9-13(3)26-19(11)17(15-7-8-16(28-5)21(29-6)18(15)23)20-12(2)10-14(4)27(20)22(26,24)25/h7-10H,1-6H3. The highest BCUT2D eigenvalue weighted by Gasteiger charge is 2.55. The molecule has 0 fully saturated rings. The molecule has 2 aliphatic heterocycles. The van der Waals surface area contributed by atoms with Gasteiger partial charge < -0.3 is 27.1 Å². The molecule has 0 saturated heterocycles. The summed E-state index contributed by atoms with van der Waals surface area (Å²) in [5.74, 6) is 0.862. The summed E-state index contributed by atoms with van der Waals surface area (Å²) in [5.41, 5.74) is 4.82. The monoisotopic (exact) mass is 418 g/mol. The number of allylic oxidation sites excluding steroid dienone is 2. The molecule has 0 bridgehead atoms. The van der Waals surface area contributed by atoms with Crippen LogP contribution in [0.4, 0.5) is 8.63 Å². The van der Waals surface area contributed by atoms with Crippen LogP contribution < -0.4 is 9.47 Å². The summed E-state index contributed by atoms with van der Waals surface area (Å²) in [5, 5.41) is 0.328. The molecule has 0 spiro atoms. The molecular formula is C21H22BClF2N2O2. The van der Waals surface area contributed by atoms with E-state index in [0.717, 1.165) is 20.1 Å². The summed E-state index contributed by atoms with van der Waals surface area (Å²) in [6.45, 7) is 3.08. The number of fused-ring (bicyclic) bond motifs is 2. The summed E-state index contributed by atoms with van der Waals surface area (Å²) >= 11 is 6.72. The predicted octanol–water partition coefficient (Wildman–Crippen LogP) is 5.20. The van der Waals surface area contributed by atoms with Crippen molar-refractivity contribution in [1.29, 1.82) is 0 Å². The molecule has 0 unspecified atom stereocenters. The number of ether oxygens (including phenoxy) is 2. The lowest BCUT2D eigenvalue weighted by atomic mass is 9.83. The highest BCUT2D eigenvalue weighted by Crippen LogP contribution is 2.48. The largest absolute Gasteiger partial charge is 0.737 e. The first kappa shape index (κ1) is 19.8. The minimum absolute atomic E-state index is 0.328. The van der Waals surface area contributed by atoms with Crippen LogP contribution in [0.3, 0.4) is 0 Å². The third kappa shape index (κ3) is 2.53. The van der Waals surface area contributed by atoms with Crippen molar-refractivity contribution in [3.05, 3.63) is 63.1 Å². The van der Waals surface area contributed by atoms with Gasteiger partial charge in [-0.05, 0) is 50.2 Å². The average molecular weight is 419 g/mol. The smallest absolute Gasteiger partial charge is 0.493 e. The average Bonchev–Trinajstić information content (AvgIpc) is 3.12. The van der Waals surface area contributed by atoms with Crippen molar-refractivity contribution in [1.82, 2.24) is 4.48 Å². The van der Waals surface area contributed by atoms with Crippen molar-refractivity contribution in [2.75, 3.05) is 14.2 Å². The molecule has 0 amide bonds. The molecule has 2 aliphatic rings.